The number of ketones is 1. The highest BCUT2D eigenvalue weighted by molar-refractivity contribution is 6.00. The van der Waals surface area contributed by atoms with Gasteiger partial charge in [-0.25, -0.2) is 9.98 Å². The van der Waals surface area contributed by atoms with E-state index in [1.807, 2.05) is 49.4 Å². The molecule has 108 valence electrons. The summed E-state index contributed by atoms with van der Waals surface area (Å²) in [4.78, 5) is 24.7. The third-order valence-electron chi connectivity index (χ3n) is 3.35. The maximum absolute atomic E-state index is 11.4. The van der Waals surface area contributed by atoms with Crippen LogP contribution in [0.2, 0.25) is 0 Å². The molecule has 0 saturated carbocycles. The van der Waals surface area contributed by atoms with Gasteiger partial charge in [0.1, 0.15) is 5.69 Å². The zero-order valence-electron chi connectivity index (χ0n) is 12.4. The van der Waals surface area contributed by atoms with Crippen LogP contribution < -0.4 is 0 Å². The van der Waals surface area contributed by atoms with E-state index in [0.29, 0.717) is 11.4 Å². The number of carbonyl (C=O) groups excluding carboxylic acids is 1. The third kappa shape index (κ3) is 2.91. The molecule has 0 spiro atoms. The summed E-state index contributed by atoms with van der Waals surface area (Å²) in [5.41, 5.74) is 3.60. The van der Waals surface area contributed by atoms with Crippen LogP contribution in [0.3, 0.4) is 0 Å². The van der Waals surface area contributed by atoms with E-state index in [0.717, 1.165) is 22.3 Å². The second kappa shape index (κ2) is 5.85. The monoisotopic (exact) mass is 289 g/mol. The fourth-order valence-electron chi connectivity index (χ4n) is 2.20. The van der Waals surface area contributed by atoms with Gasteiger partial charge < -0.3 is 0 Å². The number of aromatic nitrogens is 2. The Labute approximate surface area is 128 Å². The van der Waals surface area contributed by atoms with Gasteiger partial charge in [-0.1, -0.05) is 24.3 Å². The van der Waals surface area contributed by atoms with E-state index >= 15 is 0 Å². The molecule has 0 atom stereocenters. The molecule has 3 rings (SSSR count). The number of aliphatic imine (C=N–C) groups is 1. The quantitative estimate of drug-likeness (QED) is 0.541. The molecular weight excluding hydrogens is 274 g/mol. The van der Waals surface area contributed by atoms with Gasteiger partial charge in [0.15, 0.2) is 5.78 Å². The Morgan fingerprint density at radius 2 is 1.77 bits per heavy atom. The molecule has 3 aromatic rings. The second-order valence-electron chi connectivity index (χ2n) is 5.05. The van der Waals surface area contributed by atoms with Crippen LogP contribution in [-0.4, -0.2) is 21.5 Å². The Morgan fingerprint density at radius 1 is 1.00 bits per heavy atom. The van der Waals surface area contributed by atoms with Gasteiger partial charge in [-0.3, -0.25) is 9.78 Å². The molecular formula is C18H15N3O. The summed E-state index contributed by atoms with van der Waals surface area (Å²) in [7, 11) is 0. The Bertz CT molecular complexity index is 884. The molecule has 4 nitrogen and oxygen atoms in total. The lowest BCUT2D eigenvalue weighted by atomic mass is 10.2. The van der Waals surface area contributed by atoms with E-state index in [4.69, 9.17) is 0 Å². The molecule has 0 bridgehead atoms. The van der Waals surface area contributed by atoms with E-state index in [1.165, 1.54) is 6.92 Å². The van der Waals surface area contributed by atoms with Crippen LogP contribution in [0.15, 0.2) is 59.7 Å². The molecule has 0 aliphatic rings. The fraction of sp³-hybridized carbons (Fsp3) is 0.111. The molecule has 0 aliphatic heterocycles. The highest BCUT2D eigenvalue weighted by Gasteiger charge is 2.05. The van der Waals surface area contributed by atoms with Crippen LogP contribution >= 0.6 is 0 Å². The highest BCUT2D eigenvalue weighted by Crippen LogP contribution is 2.19. The zero-order chi connectivity index (χ0) is 15.5. The summed E-state index contributed by atoms with van der Waals surface area (Å²) < 4.78 is 0. The number of rotatable bonds is 3. The third-order valence-corrected chi connectivity index (χ3v) is 3.35. The standard InChI is InChI=1S/C18H15N3O/c1-12(16-8-5-9-17(21-16)13(2)22)20-15-10-14-6-3-4-7-18(14)19-11-15/h3-11H,1-2H3/b20-12+. The number of hydrogen-bond acceptors (Lipinski definition) is 4. The topological polar surface area (TPSA) is 55.2 Å². The molecule has 1 aromatic carbocycles. The highest BCUT2D eigenvalue weighted by atomic mass is 16.1. The van der Waals surface area contributed by atoms with Crippen molar-refractivity contribution in [3.8, 4) is 0 Å². The van der Waals surface area contributed by atoms with Crippen molar-refractivity contribution in [2.45, 2.75) is 13.8 Å². The van der Waals surface area contributed by atoms with Crippen LogP contribution in [0.4, 0.5) is 5.69 Å². The van der Waals surface area contributed by atoms with E-state index in [-0.39, 0.29) is 5.78 Å². The lowest BCUT2D eigenvalue weighted by Gasteiger charge is -2.03. The molecule has 22 heavy (non-hydrogen) atoms. The summed E-state index contributed by atoms with van der Waals surface area (Å²) in [6.07, 6.45) is 1.74. The van der Waals surface area contributed by atoms with Gasteiger partial charge in [0.05, 0.1) is 28.8 Å². The predicted octanol–water partition coefficient (Wildman–Crippen LogP) is 3.97. The number of Topliss-reactive ketones (excluding diaryl/α,β-unsaturated/α-hetero) is 1. The van der Waals surface area contributed by atoms with E-state index in [1.54, 1.807) is 12.3 Å². The summed E-state index contributed by atoms with van der Waals surface area (Å²) in [6.45, 7) is 3.38. The molecule has 0 radical (unpaired) electrons. The van der Waals surface area contributed by atoms with Crippen molar-refractivity contribution >= 4 is 28.1 Å². The Balaban J connectivity index is 1.98. The van der Waals surface area contributed by atoms with Crippen molar-refractivity contribution in [3.05, 3.63) is 66.1 Å². The minimum Gasteiger partial charge on any atom is -0.293 e. The minimum atomic E-state index is -0.0537. The van der Waals surface area contributed by atoms with Crippen molar-refractivity contribution < 1.29 is 4.79 Å². The number of hydrogen-bond donors (Lipinski definition) is 0. The van der Waals surface area contributed by atoms with Gasteiger partial charge >= 0.3 is 0 Å². The lowest BCUT2D eigenvalue weighted by molar-refractivity contribution is 0.101. The van der Waals surface area contributed by atoms with Crippen LogP contribution in [-0.2, 0) is 0 Å². The normalized spacial score (nSPS) is 11.6. The van der Waals surface area contributed by atoms with Gasteiger partial charge in [0, 0.05) is 12.3 Å². The van der Waals surface area contributed by atoms with E-state index in [2.05, 4.69) is 15.0 Å². The van der Waals surface area contributed by atoms with Crippen LogP contribution in [0.5, 0.6) is 0 Å². The van der Waals surface area contributed by atoms with Crippen LogP contribution in [0, 0.1) is 0 Å². The Kier molecular flexibility index (Phi) is 3.74. The van der Waals surface area contributed by atoms with Gasteiger partial charge in [-0.15, -0.1) is 0 Å². The van der Waals surface area contributed by atoms with Crippen molar-refractivity contribution in [2.24, 2.45) is 4.99 Å². The van der Waals surface area contributed by atoms with Gasteiger partial charge in [0.25, 0.3) is 0 Å². The molecule has 0 aliphatic carbocycles. The maximum atomic E-state index is 11.4. The number of carbonyl (C=O) groups is 1. The maximum Gasteiger partial charge on any atom is 0.178 e. The van der Waals surface area contributed by atoms with Gasteiger partial charge in [0.2, 0.25) is 0 Å². The number of para-hydroxylation sites is 1. The summed E-state index contributed by atoms with van der Waals surface area (Å²) in [5.74, 6) is -0.0537. The smallest absolute Gasteiger partial charge is 0.178 e. The van der Waals surface area contributed by atoms with Crippen molar-refractivity contribution in [1.82, 2.24) is 9.97 Å². The first kappa shape index (κ1) is 14.1. The number of benzene rings is 1. The molecule has 0 N–H and O–H groups in total. The summed E-state index contributed by atoms with van der Waals surface area (Å²) in [6, 6.07) is 15.3. The molecule has 0 fully saturated rings. The van der Waals surface area contributed by atoms with Crippen LogP contribution in [0.25, 0.3) is 10.9 Å². The molecule has 4 heteroatoms. The zero-order valence-corrected chi connectivity index (χ0v) is 12.4. The van der Waals surface area contributed by atoms with E-state index < -0.39 is 0 Å². The van der Waals surface area contributed by atoms with Crippen molar-refractivity contribution in [3.63, 3.8) is 0 Å². The Hall–Kier alpha value is -2.88. The van der Waals surface area contributed by atoms with E-state index in [9.17, 15) is 4.79 Å². The predicted molar refractivity (Wildman–Crippen MR) is 87.9 cm³/mol. The van der Waals surface area contributed by atoms with Crippen molar-refractivity contribution in [2.75, 3.05) is 0 Å². The number of pyridine rings is 2. The SMILES string of the molecule is CC(=O)c1cccc(/C(C)=N/c2cnc3ccccc3c2)n1. The fourth-order valence-corrected chi connectivity index (χ4v) is 2.20. The summed E-state index contributed by atoms with van der Waals surface area (Å²) in [5, 5.41) is 1.04. The van der Waals surface area contributed by atoms with Crippen LogP contribution in [0.1, 0.15) is 30.0 Å². The van der Waals surface area contributed by atoms with Crippen molar-refractivity contribution in [1.29, 1.82) is 0 Å². The number of nitrogens with zero attached hydrogens (tertiary/aromatic N) is 3. The van der Waals surface area contributed by atoms with Gasteiger partial charge in [-0.2, -0.15) is 0 Å². The first-order valence-electron chi connectivity index (χ1n) is 7.02. The summed E-state index contributed by atoms with van der Waals surface area (Å²) >= 11 is 0. The molecule has 0 saturated heterocycles. The minimum absolute atomic E-state index is 0.0537. The largest absolute Gasteiger partial charge is 0.293 e. The average Bonchev–Trinajstić information content (AvgIpc) is 2.55. The molecule has 2 heterocycles. The average molecular weight is 289 g/mol. The number of fused-ring (bicyclic) bond motifs is 1. The molecule has 2 aromatic heterocycles. The second-order valence-corrected chi connectivity index (χ2v) is 5.05. The Morgan fingerprint density at radius 3 is 2.59 bits per heavy atom. The first-order chi connectivity index (χ1) is 10.6. The lowest BCUT2D eigenvalue weighted by Crippen LogP contribution is -2.04. The first-order valence-corrected chi connectivity index (χ1v) is 7.02. The molecule has 0 amide bonds. The van der Waals surface area contributed by atoms with Gasteiger partial charge in [-0.05, 0) is 31.2 Å². The molecule has 0 unspecified atom stereocenters.